The van der Waals surface area contributed by atoms with Crippen LogP contribution in [0.25, 0.3) is 0 Å². The van der Waals surface area contributed by atoms with Crippen molar-refractivity contribution >= 4 is 17.5 Å². The Morgan fingerprint density at radius 1 is 1.25 bits per heavy atom. The van der Waals surface area contributed by atoms with E-state index in [1.807, 2.05) is 23.7 Å². The maximum Gasteiger partial charge on any atom is 0.239 e. The summed E-state index contributed by atoms with van der Waals surface area (Å²) >= 11 is 5.93. The summed E-state index contributed by atoms with van der Waals surface area (Å²) in [6.45, 7) is 4.00. The summed E-state index contributed by atoms with van der Waals surface area (Å²) in [4.78, 5) is 16.4. The van der Waals surface area contributed by atoms with Gasteiger partial charge in [-0.25, -0.2) is 0 Å². The van der Waals surface area contributed by atoms with E-state index in [-0.39, 0.29) is 5.91 Å². The Morgan fingerprint density at radius 3 is 2.46 bits per heavy atom. The third-order valence-corrected chi connectivity index (χ3v) is 4.65. The average Bonchev–Trinajstić information content (AvgIpc) is 2.96. The van der Waals surface area contributed by atoms with Gasteiger partial charge in [0, 0.05) is 38.2 Å². The molecule has 0 aliphatic carbocycles. The minimum absolute atomic E-state index is 0.334. The van der Waals surface area contributed by atoms with Crippen LogP contribution in [0.3, 0.4) is 0 Å². The lowest BCUT2D eigenvalue weighted by Gasteiger charge is -2.38. The standard InChI is InChI=1S/C16H21ClN6O/c1-21-11-19-20-14(21)10-22-6-8-23(9-7-22)15(16(18)24)12-2-4-13(17)5-3-12/h2-5,11,15H,6-10H2,1H3,(H2,18,24)/t15-/m1/s1. The zero-order valence-electron chi connectivity index (χ0n) is 13.6. The quantitative estimate of drug-likeness (QED) is 0.865. The normalized spacial score (nSPS) is 17.8. The molecule has 0 saturated carbocycles. The molecule has 0 radical (unpaired) electrons. The number of hydrogen-bond acceptors (Lipinski definition) is 5. The molecule has 2 aromatic rings. The van der Waals surface area contributed by atoms with Crippen molar-refractivity contribution in [3.05, 3.63) is 47.0 Å². The maximum atomic E-state index is 12.0. The van der Waals surface area contributed by atoms with Crippen LogP contribution < -0.4 is 5.73 Å². The number of piperazine rings is 1. The Kier molecular flexibility index (Phi) is 5.13. The molecule has 1 atom stereocenters. The van der Waals surface area contributed by atoms with Crippen molar-refractivity contribution in [1.82, 2.24) is 24.6 Å². The summed E-state index contributed by atoms with van der Waals surface area (Å²) in [5, 5.41) is 8.67. The van der Waals surface area contributed by atoms with Crippen LogP contribution in [0.4, 0.5) is 0 Å². The highest BCUT2D eigenvalue weighted by Gasteiger charge is 2.29. The molecule has 128 valence electrons. The van der Waals surface area contributed by atoms with Crippen molar-refractivity contribution in [2.45, 2.75) is 12.6 Å². The lowest BCUT2D eigenvalue weighted by atomic mass is 10.0. The SMILES string of the molecule is Cn1cnnc1CN1CCN([C@@H](C(N)=O)c2ccc(Cl)cc2)CC1. The number of amides is 1. The molecule has 2 heterocycles. The molecule has 1 aromatic heterocycles. The van der Waals surface area contributed by atoms with Crippen LogP contribution in [-0.2, 0) is 18.4 Å². The topological polar surface area (TPSA) is 80.3 Å². The third-order valence-electron chi connectivity index (χ3n) is 4.40. The summed E-state index contributed by atoms with van der Waals surface area (Å²) in [6, 6.07) is 6.89. The van der Waals surface area contributed by atoms with Gasteiger partial charge in [0.2, 0.25) is 5.91 Å². The number of benzene rings is 1. The predicted molar refractivity (Wildman–Crippen MR) is 91.2 cm³/mol. The Morgan fingerprint density at radius 2 is 1.92 bits per heavy atom. The number of halogens is 1. The molecule has 7 nitrogen and oxygen atoms in total. The number of carbonyl (C=O) groups is 1. The summed E-state index contributed by atoms with van der Waals surface area (Å²) in [7, 11) is 1.94. The smallest absolute Gasteiger partial charge is 0.239 e. The number of carbonyl (C=O) groups excluding carboxylic acids is 1. The fourth-order valence-corrected chi connectivity index (χ4v) is 3.16. The van der Waals surface area contributed by atoms with E-state index in [2.05, 4.69) is 20.0 Å². The van der Waals surface area contributed by atoms with E-state index in [0.717, 1.165) is 44.1 Å². The van der Waals surface area contributed by atoms with E-state index < -0.39 is 6.04 Å². The van der Waals surface area contributed by atoms with Gasteiger partial charge in [0.05, 0.1) is 6.54 Å². The minimum atomic E-state index is -0.417. The van der Waals surface area contributed by atoms with E-state index >= 15 is 0 Å². The first-order chi connectivity index (χ1) is 11.5. The third kappa shape index (κ3) is 3.75. The highest BCUT2D eigenvalue weighted by Crippen LogP contribution is 2.24. The molecule has 1 fully saturated rings. The Bertz CT molecular complexity index is 693. The molecule has 1 aliphatic heterocycles. The van der Waals surface area contributed by atoms with Crippen molar-refractivity contribution < 1.29 is 4.79 Å². The number of hydrogen-bond donors (Lipinski definition) is 1. The summed E-state index contributed by atoms with van der Waals surface area (Å²) in [5.74, 6) is 0.603. The van der Waals surface area contributed by atoms with Gasteiger partial charge in [-0.1, -0.05) is 23.7 Å². The number of rotatable bonds is 5. The molecule has 0 unspecified atom stereocenters. The second-order valence-corrected chi connectivity index (χ2v) is 6.46. The van der Waals surface area contributed by atoms with Gasteiger partial charge < -0.3 is 10.3 Å². The second-order valence-electron chi connectivity index (χ2n) is 6.03. The Labute approximate surface area is 146 Å². The largest absolute Gasteiger partial charge is 0.368 e. The van der Waals surface area contributed by atoms with Crippen molar-refractivity contribution in [3.63, 3.8) is 0 Å². The van der Waals surface area contributed by atoms with Crippen LogP contribution in [0.15, 0.2) is 30.6 Å². The van der Waals surface area contributed by atoms with Gasteiger partial charge in [-0.3, -0.25) is 14.6 Å². The molecular weight excluding hydrogens is 328 g/mol. The van der Waals surface area contributed by atoms with Gasteiger partial charge in [-0.05, 0) is 17.7 Å². The summed E-state index contributed by atoms with van der Waals surface area (Å²) in [5.41, 5.74) is 6.54. The monoisotopic (exact) mass is 348 g/mol. The zero-order chi connectivity index (χ0) is 17.1. The molecular formula is C16H21ClN6O. The van der Waals surface area contributed by atoms with Gasteiger partial charge in [0.1, 0.15) is 18.2 Å². The van der Waals surface area contributed by atoms with Crippen molar-refractivity contribution in [2.24, 2.45) is 12.8 Å². The van der Waals surface area contributed by atoms with Crippen LogP contribution in [-0.4, -0.2) is 56.7 Å². The highest BCUT2D eigenvalue weighted by molar-refractivity contribution is 6.30. The van der Waals surface area contributed by atoms with Crippen molar-refractivity contribution in [3.8, 4) is 0 Å². The van der Waals surface area contributed by atoms with Gasteiger partial charge in [0.25, 0.3) is 0 Å². The van der Waals surface area contributed by atoms with E-state index in [0.29, 0.717) is 5.02 Å². The van der Waals surface area contributed by atoms with Gasteiger partial charge in [0.15, 0.2) is 0 Å². The first-order valence-electron chi connectivity index (χ1n) is 7.88. The predicted octanol–water partition coefficient (Wildman–Crippen LogP) is 0.813. The van der Waals surface area contributed by atoms with Crippen LogP contribution in [0.2, 0.25) is 5.02 Å². The number of nitrogens with zero attached hydrogens (tertiary/aromatic N) is 5. The Balaban J connectivity index is 1.64. The first-order valence-corrected chi connectivity index (χ1v) is 8.26. The van der Waals surface area contributed by atoms with Gasteiger partial charge >= 0.3 is 0 Å². The average molecular weight is 349 g/mol. The second kappa shape index (κ2) is 7.29. The lowest BCUT2D eigenvalue weighted by Crippen LogP contribution is -2.50. The summed E-state index contributed by atoms with van der Waals surface area (Å²) in [6.07, 6.45) is 1.70. The molecule has 1 aromatic carbocycles. The molecule has 1 aliphatic rings. The number of aryl methyl sites for hydroxylation is 1. The van der Waals surface area contributed by atoms with Crippen LogP contribution >= 0.6 is 11.6 Å². The molecule has 3 rings (SSSR count). The molecule has 0 spiro atoms. The summed E-state index contributed by atoms with van der Waals surface area (Å²) < 4.78 is 1.92. The minimum Gasteiger partial charge on any atom is -0.368 e. The molecule has 0 bridgehead atoms. The fourth-order valence-electron chi connectivity index (χ4n) is 3.03. The lowest BCUT2D eigenvalue weighted by molar-refractivity contribution is -0.124. The molecule has 1 amide bonds. The molecule has 24 heavy (non-hydrogen) atoms. The van der Waals surface area contributed by atoms with E-state index in [4.69, 9.17) is 17.3 Å². The van der Waals surface area contributed by atoms with Crippen LogP contribution in [0.5, 0.6) is 0 Å². The number of aromatic nitrogens is 3. The van der Waals surface area contributed by atoms with E-state index in [1.165, 1.54) is 0 Å². The van der Waals surface area contributed by atoms with Crippen LogP contribution in [0.1, 0.15) is 17.4 Å². The number of nitrogens with two attached hydrogens (primary N) is 1. The fraction of sp³-hybridized carbons (Fsp3) is 0.438. The first kappa shape index (κ1) is 16.9. The molecule has 1 saturated heterocycles. The van der Waals surface area contributed by atoms with E-state index in [9.17, 15) is 4.79 Å². The molecule has 8 heteroatoms. The van der Waals surface area contributed by atoms with Crippen LogP contribution in [0, 0.1) is 0 Å². The van der Waals surface area contributed by atoms with Gasteiger partial charge in [-0.15, -0.1) is 10.2 Å². The highest BCUT2D eigenvalue weighted by atomic mass is 35.5. The van der Waals surface area contributed by atoms with Crippen molar-refractivity contribution in [2.75, 3.05) is 26.2 Å². The molecule has 2 N–H and O–H groups in total. The van der Waals surface area contributed by atoms with Gasteiger partial charge in [-0.2, -0.15) is 0 Å². The number of primary amides is 1. The zero-order valence-corrected chi connectivity index (χ0v) is 14.4. The van der Waals surface area contributed by atoms with E-state index in [1.54, 1.807) is 18.5 Å². The van der Waals surface area contributed by atoms with Crippen molar-refractivity contribution in [1.29, 1.82) is 0 Å². The maximum absolute atomic E-state index is 12.0. The Hall–Kier alpha value is -1.96.